The van der Waals surface area contributed by atoms with E-state index in [0.29, 0.717) is 29.4 Å². The lowest BCUT2D eigenvalue weighted by Gasteiger charge is -2.20. The number of Topliss-reactive ketones (excluding diaryl/α,β-unsaturated/α-hetero) is 1. The lowest BCUT2D eigenvalue weighted by atomic mass is 10.0. The third kappa shape index (κ3) is 4.85. The number of rotatable bonds is 8. The SMILES string of the molecule is C=Cc1ccc(COc2cc(C)c3c(c2)O/C(=C\c2ccc(N(CC)CC)cc2)C3=O)cc1. The van der Waals surface area contributed by atoms with Gasteiger partial charge in [-0.1, -0.05) is 49.1 Å². The van der Waals surface area contributed by atoms with E-state index in [1.54, 1.807) is 12.1 Å². The van der Waals surface area contributed by atoms with Gasteiger partial charge in [-0.05, 0) is 67.3 Å². The minimum atomic E-state index is -0.0955. The minimum absolute atomic E-state index is 0.0955. The summed E-state index contributed by atoms with van der Waals surface area (Å²) in [4.78, 5) is 15.3. The zero-order valence-electron chi connectivity index (χ0n) is 19.4. The summed E-state index contributed by atoms with van der Waals surface area (Å²) in [5, 5.41) is 0. The largest absolute Gasteiger partial charge is 0.489 e. The first-order valence-electron chi connectivity index (χ1n) is 11.3. The molecule has 0 N–H and O–H groups in total. The summed E-state index contributed by atoms with van der Waals surface area (Å²) < 4.78 is 11.9. The van der Waals surface area contributed by atoms with Gasteiger partial charge in [0, 0.05) is 24.8 Å². The molecule has 3 aromatic rings. The number of fused-ring (bicyclic) bond motifs is 1. The van der Waals surface area contributed by atoms with Crippen LogP contribution in [0, 0.1) is 6.92 Å². The molecule has 4 heteroatoms. The molecular weight excluding hydrogens is 410 g/mol. The number of anilines is 1. The molecule has 4 rings (SSSR count). The Labute approximate surface area is 195 Å². The van der Waals surface area contributed by atoms with Crippen LogP contribution in [-0.2, 0) is 6.61 Å². The molecule has 0 radical (unpaired) electrons. The predicted octanol–water partition coefficient (Wildman–Crippen LogP) is 6.68. The van der Waals surface area contributed by atoms with Crippen LogP contribution in [0.2, 0.25) is 0 Å². The van der Waals surface area contributed by atoms with E-state index in [4.69, 9.17) is 9.47 Å². The lowest BCUT2D eigenvalue weighted by Crippen LogP contribution is -2.21. The van der Waals surface area contributed by atoms with Gasteiger partial charge < -0.3 is 14.4 Å². The van der Waals surface area contributed by atoms with Gasteiger partial charge in [-0.2, -0.15) is 0 Å². The summed E-state index contributed by atoms with van der Waals surface area (Å²) in [6.45, 7) is 12.3. The second kappa shape index (κ2) is 9.78. The molecule has 0 fully saturated rings. The normalized spacial score (nSPS) is 13.5. The Balaban J connectivity index is 1.50. The zero-order chi connectivity index (χ0) is 23.4. The summed E-state index contributed by atoms with van der Waals surface area (Å²) in [6.07, 6.45) is 3.61. The summed E-state index contributed by atoms with van der Waals surface area (Å²) in [6, 6.07) is 19.9. The first-order chi connectivity index (χ1) is 16.0. The summed E-state index contributed by atoms with van der Waals surface area (Å²) in [7, 11) is 0. The van der Waals surface area contributed by atoms with Crippen LogP contribution < -0.4 is 14.4 Å². The number of ketones is 1. The zero-order valence-corrected chi connectivity index (χ0v) is 19.4. The molecule has 1 aliphatic rings. The highest BCUT2D eigenvalue weighted by atomic mass is 16.5. The Hall–Kier alpha value is -3.79. The van der Waals surface area contributed by atoms with Crippen molar-refractivity contribution >= 4 is 23.6 Å². The maximum atomic E-state index is 13.0. The maximum Gasteiger partial charge on any atom is 0.232 e. The van der Waals surface area contributed by atoms with Gasteiger partial charge in [-0.25, -0.2) is 0 Å². The fourth-order valence-electron chi connectivity index (χ4n) is 4.00. The van der Waals surface area contributed by atoms with Gasteiger partial charge in [0.05, 0.1) is 5.56 Å². The monoisotopic (exact) mass is 439 g/mol. The minimum Gasteiger partial charge on any atom is -0.489 e. The summed E-state index contributed by atoms with van der Waals surface area (Å²) >= 11 is 0. The van der Waals surface area contributed by atoms with Crippen LogP contribution in [0.4, 0.5) is 5.69 Å². The highest BCUT2D eigenvalue weighted by Crippen LogP contribution is 2.37. The van der Waals surface area contributed by atoms with Crippen molar-refractivity contribution in [2.24, 2.45) is 0 Å². The number of benzene rings is 3. The average Bonchev–Trinajstić information content (AvgIpc) is 3.15. The number of carbonyl (C=O) groups is 1. The van der Waals surface area contributed by atoms with E-state index < -0.39 is 0 Å². The topological polar surface area (TPSA) is 38.8 Å². The van der Waals surface area contributed by atoms with Crippen molar-refractivity contribution in [3.05, 3.63) is 101 Å². The molecule has 4 nitrogen and oxygen atoms in total. The number of carbonyl (C=O) groups excluding carboxylic acids is 1. The van der Waals surface area contributed by atoms with Crippen molar-refractivity contribution in [1.29, 1.82) is 0 Å². The average molecular weight is 440 g/mol. The molecule has 1 aliphatic heterocycles. The van der Waals surface area contributed by atoms with Gasteiger partial charge in [0.15, 0.2) is 5.76 Å². The quantitative estimate of drug-likeness (QED) is 0.367. The fraction of sp³-hybridized carbons (Fsp3) is 0.207. The van der Waals surface area contributed by atoms with E-state index in [-0.39, 0.29) is 5.78 Å². The van der Waals surface area contributed by atoms with Crippen LogP contribution in [0.5, 0.6) is 11.5 Å². The molecule has 0 bridgehead atoms. The van der Waals surface area contributed by atoms with Crippen molar-refractivity contribution in [3.8, 4) is 11.5 Å². The number of hydrogen-bond acceptors (Lipinski definition) is 4. The highest BCUT2D eigenvalue weighted by molar-refractivity contribution is 6.15. The number of ether oxygens (including phenoxy) is 2. The summed E-state index contributed by atoms with van der Waals surface area (Å²) in [5.74, 6) is 1.46. The van der Waals surface area contributed by atoms with E-state index in [0.717, 1.165) is 35.3 Å². The van der Waals surface area contributed by atoms with Crippen molar-refractivity contribution in [3.63, 3.8) is 0 Å². The Kier molecular flexibility index (Phi) is 6.64. The van der Waals surface area contributed by atoms with E-state index in [1.165, 1.54) is 5.69 Å². The molecule has 33 heavy (non-hydrogen) atoms. The van der Waals surface area contributed by atoms with Crippen LogP contribution in [0.1, 0.15) is 46.5 Å². The standard InChI is InChI=1S/C29H29NO3/c1-5-21-8-10-23(11-9-21)19-32-25-16-20(4)28-26(18-25)33-27(29(28)31)17-22-12-14-24(15-13-22)30(6-2)7-3/h5,8-18H,1,6-7,19H2,2-4H3/b27-17-. The molecule has 0 saturated carbocycles. The third-order valence-corrected chi connectivity index (χ3v) is 5.88. The molecule has 0 saturated heterocycles. The molecule has 0 unspecified atom stereocenters. The third-order valence-electron chi connectivity index (χ3n) is 5.88. The lowest BCUT2D eigenvalue weighted by molar-refractivity contribution is 0.101. The molecule has 0 spiro atoms. The Morgan fingerprint density at radius 1 is 0.970 bits per heavy atom. The van der Waals surface area contributed by atoms with Crippen LogP contribution in [-0.4, -0.2) is 18.9 Å². The van der Waals surface area contributed by atoms with Crippen LogP contribution in [0.15, 0.2) is 73.0 Å². The first-order valence-corrected chi connectivity index (χ1v) is 11.3. The van der Waals surface area contributed by atoms with Crippen molar-refractivity contribution in [1.82, 2.24) is 0 Å². The number of hydrogen-bond donors (Lipinski definition) is 0. The van der Waals surface area contributed by atoms with Crippen LogP contribution >= 0.6 is 0 Å². The molecule has 0 aliphatic carbocycles. The van der Waals surface area contributed by atoms with E-state index in [1.807, 2.05) is 55.5 Å². The van der Waals surface area contributed by atoms with Gasteiger partial charge >= 0.3 is 0 Å². The van der Waals surface area contributed by atoms with E-state index >= 15 is 0 Å². The fourth-order valence-corrected chi connectivity index (χ4v) is 4.00. The van der Waals surface area contributed by atoms with Crippen LogP contribution in [0.3, 0.4) is 0 Å². The Bertz CT molecular complexity index is 1190. The molecule has 3 aromatic carbocycles. The van der Waals surface area contributed by atoms with E-state index in [2.05, 4.69) is 37.5 Å². The van der Waals surface area contributed by atoms with E-state index in [9.17, 15) is 4.79 Å². The van der Waals surface area contributed by atoms with Crippen molar-refractivity contribution < 1.29 is 14.3 Å². The van der Waals surface area contributed by atoms with Gasteiger partial charge in [0.25, 0.3) is 0 Å². The summed E-state index contributed by atoms with van der Waals surface area (Å²) in [5.41, 5.74) is 5.67. The number of aryl methyl sites for hydroxylation is 1. The van der Waals surface area contributed by atoms with Gasteiger partial charge in [-0.15, -0.1) is 0 Å². The molecular formula is C29H29NO3. The number of nitrogens with zero attached hydrogens (tertiary/aromatic N) is 1. The number of allylic oxidation sites excluding steroid dienone is 1. The first kappa shape index (κ1) is 22.4. The van der Waals surface area contributed by atoms with Gasteiger partial charge in [0.2, 0.25) is 5.78 Å². The molecule has 0 amide bonds. The molecule has 0 aromatic heterocycles. The second-order valence-electron chi connectivity index (χ2n) is 8.05. The van der Waals surface area contributed by atoms with Gasteiger partial charge in [-0.3, -0.25) is 4.79 Å². The molecule has 168 valence electrons. The Morgan fingerprint density at radius 3 is 2.27 bits per heavy atom. The molecule has 0 atom stereocenters. The van der Waals surface area contributed by atoms with Gasteiger partial charge in [0.1, 0.15) is 18.1 Å². The van der Waals surface area contributed by atoms with Crippen molar-refractivity contribution in [2.45, 2.75) is 27.4 Å². The smallest absolute Gasteiger partial charge is 0.232 e. The maximum absolute atomic E-state index is 13.0. The van der Waals surface area contributed by atoms with Crippen molar-refractivity contribution in [2.75, 3.05) is 18.0 Å². The van der Waals surface area contributed by atoms with Crippen LogP contribution in [0.25, 0.3) is 12.2 Å². The highest BCUT2D eigenvalue weighted by Gasteiger charge is 2.30. The Morgan fingerprint density at radius 2 is 1.64 bits per heavy atom. The second-order valence-corrected chi connectivity index (χ2v) is 8.05. The predicted molar refractivity (Wildman–Crippen MR) is 135 cm³/mol. The molecule has 1 heterocycles.